The van der Waals surface area contributed by atoms with E-state index in [1.165, 1.54) is 0 Å². The van der Waals surface area contributed by atoms with E-state index in [1.54, 1.807) is 25.2 Å². The zero-order valence-electron chi connectivity index (χ0n) is 9.98. The summed E-state index contributed by atoms with van der Waals surface area (Å²) in [6.07, 6.45) is 0. The summed E-state index contributed by atoms with van der Waals surface area (Å²) in [6.45, 7) is 5.47. The van der Waals surface area contributed by atoms with Crippen molar-refractivity contribution >= 4 is 17.2 Å². The third-order valence-electron chi connectivity index (χ3n) is 2.58. The number of nitrogens with zero attached hydrogens (tertiary/aromatic N) is 1. The number of thiophene rings is 1. The minimum atomic E-state index is -0.137. The van der Waals surface area contributed by atoms with Gasteiger partial charge in [-0.1, -0.05) is 11.2 Å². The van der Waals surface area contributed by atoms with E-state index in [4.69, 9.17) is 4.52 Å². The van der Waals surface area contributed by atoms with Crippen molar-refractivity contribution in [3.63, 3.8) is 0 Å². The first-order chi connectivity index (χ1) is 8.09. The molecule has 2 aromatic heterocycles. The molecule has 4 nitrogen and oxygen atoms in total. The van der Waals surface area contributed by atoms with Gasteiger partial charge in [-0.05, 0) is 32.2 Å². The van der Waals surface area contributed by atoms with Gasteiger partial charge in [-0.15, -0.1) is 11.3 Å². The SMILES string of the molecule is Cc1noc(C)c1C(=O)NC(C)c1cccs1. The van der Waals surface area contributed by atoms with Gasteiger partial charge in [-0.2, -0.15) is 0 Å². The Morgan fingerprint density at radius 3 is 2.82 bits per heavy atom. The molecule has 5 heteroatoms. The molecule has 0 spiro atoms. The fraction of sp³-hybridized carbons (Fsp3) is 0.333. The van der Waals surface area contributed by atoms with Crippen LogP contribution in [0.5, 0.6) is 0 Å². The first-order valence-corrected chi connectivity index (χ1v) is 6.24. The van der Waals surface area contributed by atoms with E-state index < -0.39 is 0 Å². The van der Waals surface area contributed by atoms with Crippen molar-refractivity contribution in [1.82, 2.24) is 10.5 Å². The fourth-order valence-electron chi connectivity index (χ4n) is 1.68. The first kappa shape index (κ1) is 11.9. The monoisotopic (exact) mass is 250 g/mol. The van der Waals surface area contributed by atoms with Gasteiger partial charge in [-0.25, -0.2) is 0 Å². The number of hydrogen-bond acceptors (Lipinski definition) is 4. The summed E-state index contributed by atoms with van der Waals surface area (Å²) in [5.74, 6) is 0.417. The molecule has 17 heavy (non-hydrogen) atoms. The highest BCUT2D eigenvalue weighted by Gasteiger charge is 2.19. The Morgan fingerprint density at radius 2 is 2.29 bits per heavy atom. The molecule has 1 N–H and O–H groups in total. The Balaban J connectivity index is 2.12. The topological polar surface area (TPSA) is 55.1 Å². The van der Waals surface area contributed by atoms with Crippen LogP contribution in [0.3, 0.4) is 0 Å². The van der Waals surface area contributed by atoms with Crippen LogP contribution in [0.15, 0.2) is 22.0 Å². The molecule has 0 aliphatic heterocycles. The average Bonchev–Trinajstić information content (AvgIpc) is 2.88. The standard InChI is InChI=1S/C12H14N2O2S/c1-7(10-5-4-6-17-10)13-12(15)11-8(2)14-16-9(11)3/h4-7H,1-3H3,(H,13,15). The molecular weight excluding hydrogens is 236 g/mol. The van der Waals surface area contributed by atoms with Crippen LogP contribution in [-0.2, 0) is 0 Å². The molecule has 0 saturated carbocycles. The van der Waals surface area contributed by atoms with E-state index in [0.29, 0.717) is 17.0 Å². The lowest BCUT2D eigenvalue weighted by Gasteiger charge is -2.11. The zero-order chi connectivity index (χ0) is 12.4. The molecular formula is C12H14N2O2S. The molecule has 1 unspecified atom stereocenters. The Bertz CT molecular complexity index is 497. The molecule has 0 fully saturated rings. The van der Waals surface area contributed by atoms with Crippen LogP contribution in [0.4, 0.5) is 0 Å². The Morgan fingerprint density at radius 1 is 1.53 bits per heavy atom. The lowest BCUT2D eigenvalue weighted by Crippen LogP contribution is -2.26. The second kappa shape index (κ2) is 4.71. The minimum absolute atomic E-state index is 0.00352. The highest BCUT2D eigenvalue weighted by Crippen LogP contribution is 2.20. The van der Waals surface area contributed by atoms with Gasteiger partial charge in [0, 0.05) is 4.88 Å². The second-order valence-corrected chi connectivity index (χ2v) is 4.89. The quantitative estimate of drug-likeness (QED) is 0.911. The first-order valence-electron chi connectivity index (χ1n) is 5.36. The fourth-order valence-corrected chi connectivity index (χ4v) is 2.42. The summed E-state index contributed by atoms with van der Waals surface area (Å²) >= 11 is 1.62. The van der Waals surface area contributed by atoms with Crippen LogP contribution < -0.4 is 5.32 Å². The van der Waals surface area contributed by atoms with E-state index in [9.17, 15) is 4.79 Å². The van der Waals surface area contributed by atoms with Crippen molar-refractivity contribution in [3.05, 3.63) is 39.4 Å². The smallest absolute Gasteiger partial charge is 0.257 e. The summed E-state index contributed by atoms with van der Waals surface area (Å²) in [6, 6.07) is 3.97. The summed E-state index contributed by atoms with van der Waals surface area (Å²) < 4.78 is 4.98. The predicted octanol–water partition coefficient (Wildman–Crippen LogP) is 2.84. The maximum atomic E-state index is 12.0. The molecule has 0 saturated heterocycles. The molecule has 0 aliphatic carbocycles. The molecule has 2 heterocycles. The number of carbonyl (C=O) groups is 1. The third kappa shape index (κ3) is 2.39. The predicted molar refractivity (Wildman–Crippen MR) is 66.2 cm³/mol. The van der Waals surface area contributed by atoms with Crippen LogP contribution in [0.2, 0.25) is 0 Å². The minimum Gasteiger partial charge on any atom is -0.361 e. The van der Waals surface area contributed by atoms with Crippen molar-refractivity contribution in [2.24, 2.45) is 0 Å². The van der Waals surface area contributed by atoms with Crippen molar-refractivity contribution in [1.29, 1.82) is 0 Å². The number of rotatable bonds is 3. The van der Waals surface area contributed by atoms with Crippen molar-refractivity contribution in [3.8, 4) is 0 Å². The lowest BCUT2D eigenvalue weighted by molar-refractivity contribution is 0.0938. The molecule has 1 amide bonds. The van der Waals surface area contributed by atoms with Crippen LogP contribution in [0.25, 0.3) is 0 Å². The summed E-state index contributed by atoms with van der Waals surface area (Å²) in [4.78, 5) is 13.2. The molecule has 0 aliphatic rings. The summed E-state index contributed by atoms with van der Waals surface area (Å²) in [5, 5.41) is 8.71. The van der Waals surface area contributed by atoms with Crippen LogP contribution in [0, 0.1) is 13.8 Å². The van der Waals surface area contributed by atoms with Crippen LogP contribution >= 0.6 is 11.3 Å². The van der Waals surface area contributed by atoms with E-state index in [-0.39, 0.29) is 11.9 Å². The van der Waals surface area contributed by atoms with Crippen LogP contribution in [0.1, 0.15) is 39.7 Å². The lowest BCUT2D eigenvalue weighted by atomic mass is 10.1. The van der Waals surface area contributed by atoms with Gasteiger partial charge in [-0.3, -0.25) is 4.79 Å². The van der Waals surface area contributed by atoms with Gasteiger partial charge >= 0.3 is 0 Å². The number of carbonyl (C=O) groups excluding carboxylic acids is 1. The Kier molecular flexibility index (Phi) is 3.28. The van der Waals surface area contributed by atoms with E-state index in [2.05, 4.69) is 10.5 Å². The maximum Gasteiger partial charge on any atom is 0.257 e. The molecule has 0 aromatic carbocycles. The molecule has 90 valence electrons. The normalized spacial score (nSPS) is 12.4. The molecule has 2 rings (SSSR count). The molecule has 0 radical (unpaired) electrons. The van der Waals surface area contributed by atoms with E-state index in [1.807, 2.05) is 24.4 Å². The largest absolute Gasteiger partial charge is 0.361 e. The Hall–Kier alpha value is -1.62. The van der Waals surface area contributed by atoms with Gasteiger partial charge in [0.1, 0.15) is 11.3 Å². The molecule has 0 bridgehead atoms. The maximum absolute atomic E-state index is 12.0. The average molecular weight is 250 g/mol. The van der Waals surface area contributed by atoms with Crippen molar-refractivity contribution < 1.29 is 9.32 Å². The van der Waals surface area contributed by atoms with Gasteiger partial charge in [0.15, 0.2) is 0 Å². The van der Waals surface area contributed by atoms with Gasteiger partial charge in [0.2, 0.25) is 0 Å². The molecule has 2 aromatic rings. The highest BCUT2D eigenvalue weighted by atomic mass is 32.1. The van der Waals surface area contributed by atoms with Crippen molar-refractivity contribution in [2.75, 3.05) is 0 Å². The van der Waals surface area contributed by atoms with E-state index >= 15 is 0 Å². The zero-order valence-corrected chi connectivity index (χ0v) is 10.8. The van der Waals surface area contributed by atoms with Gasteiger partial charge < -0.3 is 9.84 Å². The second-order valence-electron chi connectivity index (χ2n) is 3.91. The van der Waals surface area contributed by atoms with E-state index in [0.717, 1.165) is 4.88 Å². The van der Waals surface area contributed by atoms with Gasteiger partial charge in [0.05, 0.1) is 11.7 Å². The Labute approximate surface area is 104 Å². The highest BCUT2D eigenvalue weighted by molar-refractivity contribution is 7.10. The molecule has 1 atom stereocenters. The number of hydrogen-bond donors (Lipinski definition) is 1. The number of amides is 1. The number of aromatic nitrogens is 1. The summed E-state index contributed by atoms with van der Waals surface area (Å²) in [5.41, 5.74) is 1.16. The van der Waals surface area contributed by atoms with Crippen molar-refractivity contribution in [2.45, 2.75) is 26.8 Å². The number of aryl methyl sites for hydroxylation is 2. The van der Waals surface area contributed by atoms with Gasteiger partial charge in [0.25, 0.3) is 5.91 Å². The number of nitrogens with one attached hydrogen (secondary N) is 1. The third-order valence-corrected chi connectivity index (χ3v) is 3.63. The summed E-state index contributed by atoms with van der Waals surface area (Å²) in [7, 11) is 0. The van der Waals surface area contributed by atoms with Crippen LogP contribution in [-0.4, -0.2) is 11.1 Å².